The Morgan fingerprint density at radius 3 is 2.35 bits per heavy atom. The largest absolute Gasteiger partial charge is 0.461 e. The number of hydrogen-bond donors (Lipinski definition) is 2. The minimum absolute atomic E-state index is 0.0102. The molecule has 26 heavy (non-hydrogen) atoms. The summed E-state index contributed by atoms with van der Waals surface area (Å²) in [5, 5.41) is 3.06. The molecule has 1 amide bonds. The third-order valence-corrected chi connectivity index (χ3v) is 6.31. The quantitative estimate of drug-likeness (QED) is 0.675. The van der Waals surface area contributed by atoms with Crippen molar-refractivity contribution >= 4 is 11.9 Å². The lowest BCUT2D eigenvalue weighted by atomic mass is 9.97. The number of carbonyl (C=O) groups excluding carboxylic acids is 2. The number of rotatable bonds is 7. The summed E-state index contributed by atoms with van der Waals surface area (Å²) in [7, 11) is 0. The van der Waals surface area contributed by atoms with Crippen LogP contribution in [0.4, 0.5) is 0 Å². The second kappa shape index (κ2) is 9.18. The predicted molar refractivity (Wildman–Crippen MR) is 101 cm³/mol. The molecule has 3 rings (SSSR count). The molecule has 1 heterocycles. The van der Waals surface area contributed by atoms with Crippen LogP contribution in [0.25, 0.3) is 0 Å². The fourth-order valence-corrected chi connectivity index (χ4v) is 4.60. The van der Waals surface area contributed by atoms with Gasteiger partial charge in [-0.25, -0.2) is 4.79 Å². The molecule has 0 aromatic rings. The van der Waals surface area contributed by atoms with Crippen LogP contribution in [-0.4, -0.2) is 54.1 Å². The number of nitrogens with two attached hydrogens (primary N) is 1. The summed E-state index contributed by atoms with van der Waals surface area (Å²) in [6.45, 7) is 2.99. The monoisotopic (exact) mass is 365 g/mol. The molecule has 6 nitrogen and oxygen atoms in total. The number of nitrogens with zero attached hydrogens (tertiary/aromatic N) is 1. The highest BCUT2D eigenvalue weighted by Gasteiger charge is 2.44. The maximum atomic E-state index is 12.8. The van der Waals surface area contributed by atoms with E-state index in [0.717, 1.165) is 77.4 Å². The van der Waals surface area contributed by atoms with Crippen molar-refractivity contribution in [2.24, 2.45) is 5.73 Å². The summed E-state index contributed by atoms with van der Waals surface area (Å²) in [6, 6.07) is 0.336. The van der Waals surface area contributed by atoms with Crippen LogP contribution in [0.1, 0.15) is 77.0 Å². The summed E-state index contributed by atoms with van der Waals surface area (Å²) in [4.78, 5) is 27.6. The first-order chi connectivity index (χ1) is 12.6. The highest BCUT2D eigenvalue weighted by atomic mass is 16.5. The van der Waals surface area contributed by atoms with Crippen molar-refractivity contribution in [3.63, 3.8) is 0 Å². The predicted octanol–water partition coefficient (Wildman–Crippen LogP) is 2.10. The highest BCUT2D eigenvalue weighted by Crippen LogP contribution is 2.33. The van der Waals surface area contributed by atoms with Crippen molar-refractivity contribution in [2.45, 2.75) is 94.7 Å². The number of amides is 1. The van der Waals surface area contributed by atoms with Gasteiger partial charge in [-0.3, -0.25) is 4.79 Å². The Hall–Kier alpha value is -1.14. The fourth-order valence-electron chi connectivity index (χ4n) is 4.60. The van der Waals surface area contributed by atoms with Gasteiger partial charge in [-0.2, -0.15) is 0 Å². The third kappa shape index (κ3) is 5.19. The molecule has 3 N–H and O–H groups in total. The molecule has 148 valence electrons. The molecule has 2 aliphatic carbocycles. The lowest BCUT2D eigenvalue weighted by molar-refractivity contribution is -0.158. The summed E-state index contributed by atoms with van der Waals surface area (Å²) < 4.78 is 5.74. The van der Waals surface area contributed by atoms with Gasteiger partial charge in [-0.05, 0) is 77.4 Å². The lowest BCUT2D eigenvalue weighted by Crippen LogP contribution is -2.54. The van der Waals surface area contributed by atoms with Gasteiger partial charge in [0, 0.05) is 12.5 Å². The number of likely N-dealkylation sites (tertiary alicyclic amines) is 1. The fraction of sp³-hybridized carbons (Fsp3) is 0.900. The number of piperidine rings is 1. The van der Waals surface area contributed by atoms with Crippen LogP contribution in [0.5, 0.6) is 0 Å². The van der Waals surface area contributed by atoms with E-state index in [9.17, 15) is 9.59 Å². The molecule has 0 unspecified atom stereocenters. The number of hydrogen-bond acceptors (Lipinski definition) is 5. The van der Waals surface area contributed by atoms with Gasteiger partial charge in [0.25, 0.3) is 0 Å². The number of esters is 1. The Kier molecular flexibility index (Phi) is 6.92. The standard InChI is InChI=1S/C20H35N3O3/c21-16-9-14-23(15-10-16)13-5-8-18(24)22-20(11-3-4-12-20)19(25)26-17-6-1-2-7-17/h16-17H,1-15,21H2,(H,22,24). The van der Waals surface area contributed by atoms with Gasteiger partial charge in [0.2, 0.25) is 5.91 Å². The SMILES string of the molecule is NC1CCN(CCCC(=O)NC2(C(=O)OC3CCCC3)CCCC2)CC1. The van der Waals surface area contributed by atoms with Crippen LogP contribution >= 0.6 is 0 Å². The molecule has 1 saturated heterocycles. The van der Waals surface area contributed by atoms with Crippen LogP contribution in [0.3, 0.4) is 0 Å². The molecule has 3 aliphatic rings. The van der Waals surface area contributed by atoms with Crippen LogP contribution in [0.15, 0.2) is 0 Å². The van der Waals surface area contributed by atoms with Crippen molar-refractivity contribution in [3.8, 4) is 0 Å². The smallest absolute Gasteiger partial charge is 0.332 e. The maximum absolute atomic E-state index is 12.8. The van der Waals surface area contributed by atoms with E-state index < -0.39 is 5.54 Å². The summed E-state index contributed by atoms with van der Waals surface area (Å²) in [5.41, 5.74) is 5.17. The Balaban J connectivity index is 1.43. The Morgan fingerprint density at radius 1 is 1.04 bits per heavy atom. The molecule has 0 atom stereocenters. The molecule has 0 radical (unpaired) electrons. The van der Waals surface area contributed by atoms with Gasteiger partial charge in [0.15, 0.2) is 0 Å². The molecule has 3 fully saturated rings. The second-order valence-electron chi connectivity index (χ2n) is 8.43. The lowest BCUT2D eigenvalue weighted by Gasteiger charge is -2.31. The van der Waals surface area contributed by atoms with Crippen LogP contribution < -0.4 is 11.1 Å². The Bertz CT molecular complexity index is 477. The maximum Gasteiger partial charge on any atom is 0.332 e. The van der Waals surface area contributed by atoms with Crippen molar-refractivity contribution in [2.75, 3.05) is 19.6 Å². The zero-order chi connectivity index (χ0) is 18.4. The molecule has 0 aromatic heterocycles. The average Bonchev–Trinajstić information content (AvgIpc) is 3.29. The van der Waals surface area contributed by atoms with Gasteiger partial charge in [0.05, 0.1) is 0 Å². The van der Waals surface area contributed by atoms with Gasteiger partial charge < -0.3 is 20.7 Å². The normalized spacial score (nSPS) is 24.7. The highest BCUT2D eigenvalue weighted by molar-refractivity contribution is 5.88. The first kappa shape index (κ1) is 19.6. The number of ether oxygens (including phenoxy) is 1. The minimum atomic E-state index is -0.766. The van der Waals surface area contributed by atoms with E-state index in [1.165, 1.54) is 0 Å². The van der Waals surface area contributed by atoms with E-state index in [2.05, 4.69) is 10.2 Å². The molecular weight excluding hydrogens is 330 g/mol. The third-order valence-electron chi connectivity index (χ3n) is 6.31. The molecule has 0 spiro atoms. The van der Waals surface area contributed by atoms with E-state index in [1.54, 1.807) is 0 Å². The minimum Gasteiger partial charge on any atom is -0.461 e. The Morgan fingerprint density at radius 2 is 1.69 bits per heavy atom. The molecule has 2 saturated carbocycles. The first-order valence-electron chi connectivity index (χ1n) is 10.6. The van der Waals surface area contributed by atoms with Crippen molar-refractivity contribution in [1.29, 1.82) is 0 Å². The van der Waals surface area contributed by atoms with E-state index in [-0.39, 0.29) is 18.0 Å². The van der Waals surface area contributed by atoms with Gasteiger partial charge in [0.1, 0.15) is 11.6 Å². The second-order valence-corrected chi connectivity index (χ2v) is 8.43. The van der Waals surface area contributed by atoms with E-state index in [1.807, 2.05) is 0 Å². The molecule has 6 heteroatoms. The van der Waals surface area contributed by atoms with Crippen LogP contribution in [0.2, 0.25) is 0 Å². The first-order valence-corrected chi connectivity index (χ1v) is 10.6. The summed E-state index contributed by atoms with van der Waals surface area (Å²) in [5.74, 6) is -0.204. The zero-order valence-electron chi connectivity index (χ0n) is 16.0. The van der Waals surface area contributed by atoms with E-state index in [0.29, 0.717) is 25.3 Å². The van der Waals surface area contributed by atoms with Gasteiger partial charge in [-0.15, -0.1) is 0 Å². The Labute approximate surface area is 157 Å². The van der Waals surface area contributed by atoms with Crippen molar-refractivity contribution in [1.82, 2.24) is 10.2 Å². The van der Waals surface area contributed by atoms with E-state index >= 15 is 0 Å². The van der Waals surface area contributed by atoms with Crippen molar-refractivity contribution in [3.05, 3.63) is 0 Å². The molecule has 0 aromatic carbocycles. The topological polar surface area (TPSA) is 84.7 Å². The van der Waals surface area contributed by atoms with E-state index in [4.69, 9.17) is 10.5 Å². The average molecular weight is 366 g/mol. The molecule has 0 bridgehead atoms. The van der Waals surface area contributed by atoms with Crippen molar-refractivity contribution < 1.29 is 14.3 Å². The number of nitrogens with one attached hydrogen (secondary N) is 1. The molecule has 1 aliphatic heterocycles. The zero-order valence-corrected chi connectivity index (χ0v) is 16.0. The summed E-state index contributed by atoms with van der Waals surface area (Å²) >= 11 is 0. The van der Waals surface area contributed by atoms with Gasteiger partial charge in [-0.1, -0.05) is 12.8 Å². The number of carbonyl (C=O) groups is 2. The van der Waals surface area contributed by atoms with Crippen LogP contribution in [-0.2, 0) is 14.3 Å². The van der Waals surface area contributed by atoms with Crippen LogP contribution in [0, 0.1) is 0 Å². The van der Waals surface area contributed by atoms with Gasteiger partial charge >= 0.3 is 5.97 Å². The molecular formula is C20H35N3O3. The summed E-state index contributed by atoms with van der Waals surface area (Å²) in [6.07, 6.45) is 11.1.